The molecule has 0 aliphatic carbocycles. The van der Waals surface area contributed by atoms with Crippen molar-refractivity contribution >= 4 is 29.1 Å². The number of rotatable bonds is 10. The van der Waals surface area contributed by atoms with Gasteiger partial charge in [0, 0.05) is 42.4 Å². The summed E-state index contributed by atoms with van der Waals surface area (Å²) in [5.41, 5.74) is 0.214. The van der Waals surface area contributed by atoms with E-state index in [9.17, 15) is 19.1 Å². The summed E-state index contributed by atoms with van der Waals surface area (Å²) < 4.78 is 51.8. The standard InChI is InChI=1S/C31H38F3N5O4S/c1-6-43-28(40)23-21(36-26(27-35-11-13-44-27)37-24(23)19-8-7-9-20(32)18(19)3)15-38-16-31(33,34)25-22(38)10-12-39(25)17(2)14-30(4,5)29(41)42/h7-9,11,13,17,22,24-25H,6,10,12,14-16H2,1-5H3,(H,36,37)(H,41,42)/t17-,22-,24-,25+/m0/s1. The Balaban J connectivity index is 1.52. The fourth-order valence-corrected chi connectivity index (χ4v) is 7.35. The minimum Gasteiger partial charge on any atom is -0.481 e. The molecule has 0 radical (unpaired) electrons. The Kier molecular flexibility index (Phi) is 8.94. The van der Waals surface area contributed by atoms with Crippen LogP contribution in [0.25, 0.3) is 0 Å². The summed E-state index contributed by atoms with van der Waals surface area (Å²) in [6, 6.07) is 1.61. The van der Waals surface area contributed by atoms with Crippen LogP contribution in [-0.4, -0.2) is 88.0 Å². The molecule has 1 aromatic heterocycles. The van der Waals surface area contributed by atoms with Crippen LogP contribution in [0.2, 0.25) is 0 Å². The number of amidine groups is 1. The van der Waals surface area contributed by atoms with Crippen LogP contribution in [0.3, 0.4) is 0 Å². The van der Waals surface area contributed by atoms with Gasteiger partial charge in [0.1, 0.15) is 11.9 Å². The average molecular weight is 634 g/mol. The van der Waals surface area contributed by atoms with Crippen LogP contribution in [-0.2, 0) is 14.3 Å². The van der Waals surface area contributed by atoms with Gasteiger partial charge in [0.15, 0.2) is 10.8 Å². The molecule has 2 N–H and O–H groups in total. The lowest BCUT2D eigenvalue weighted by molar-refractivity contribution is -0.148. The van der Waals surface area contributed by atoms with Gasteiger partial charge in [-0.25, -0.2) is 22.9 Å². The first-order chi connectivity index (χ1) is 20.7. The van der Waals surface area contributed by atoms with E-state index in [-0.39, 0.29) is 31.2 Å². The predicted molar refractivity (Wildman–Crippen MR) is 160 cm³/mol. The number of likely N-dealkylation sites (tertiary alicyclic amines) is 2. The summed E-state index contributed by atoms with van der Waals surface area (Å²) in [6.07, 6.45) is 2.30. The molecule has 4 heterocycles. The lowest BCUT2D eigenvalue weighted by Crippen LogP contribution is -2.50. The molecule has 0 bridgehead atoms. The summed E-state index contributed by atoms with van der Waals surface area (Å²) in [5, 5.41) is 15.1. The van der Waals surface area contributed by atoms with Crippen LogP contribution in [0.1, 0.15) is 62.7 Å². The zero-order valence-corrected chi connectivity index (χ0v) is 26.3. The molecular weight excluding hydrogens is 595 g/mol. The SMILES string of the molecule is CCOC(=O)C1=C(CN2CC(F)(F)[C@H]3[C@@H]2CCN3[C@@H](C)CC(C)(C)C(=O)O)NC(c2nccs2)=N[C@H]1c1cccc(F)c1C. The number of halogens is 3. The van der Waals surface area contributed by atoms with Crippen LogP contribution in [0.4, 0.5) is 13.2 Å². The fourth-order valence-electron chi connectivity index (χ4n) is 6.77. The summed E-state index contributed by atoms with van der Waals surface area (Å²) in [5.74, 6) is -4.80. The van der Waals surface area contributed by atoms with E-state index in [0.717, 1.165) is 0 Å². The first-order valence-corrected chi connectivity index (χ1v) is 15.6. The third-order valence-electron chi connectivity index (χ3n) is 8.89. The molecule has 0 amide bonds. The summed E-state index contributed by atoms with van der Waals surface area (Å²) in [7, 11) is 0. The fraction of sp³-hybridized carbons (Fsp3) is 0.548. The molecule has 2 fully saturated rings. The maximum Gasteiger partial charge on any atom is 0.338 e. The smallest absolute Gasteiger partial charge is 0.338 e. The second kappa shape index (κ2) is 12.2. The molecule has 2 aromatic rings. The van der Waals surface area contributed by atoms with Crippen molar-refractivity contribution in [2.75, 3.05) is 26.2 Å². The van der Waals surface area contributed by atoms with Gasteiger partial charge < -0.3 is 15.2 Å². The Morgan fingerprint density at radius 3 is 2.73 bits per heavy atom. The molecule has 1 aromatic carbocycles. The number of fused-ring (bicyclic) bond motifs is 1. The molecule has 2 saturated heterocycles. The monoisotopic (exact) mass is 633 g/mol. The van der Waals surface area contributed by atoms with Gasteiger partial charge in [-0.15, -0.1) is 11.3 Å². The molecule has 5 rings (SSSR count). The summed E-state index contributed by atoms with van der Waals surface area (Å²) >= 11 is 1.32. The van der Waals surface area contributed by atoms with Gasteiger partial charge in [-0.2, -0.15) is 0 Å². The number of aliphatic carboxylic acids is 1. The first-order valence-electron chi connectivity index (χ1n) is 14.8. The van der Waals surface area contributed by atoms with Crippen molar-refractivity contribution in [1.29, 1.82) is 0 Å². The number of nitrogens with one attached hydrogen (secondary N) is 1. The predicted octanol–water partition coefficient (Wildman–Crippen LogP) is 4.78. The summed E-state index contributed by atoms with van der Waals surface area (Å²) in [6.45, 7) is 8.21. The zero-order valence-electron chi connectivity index (χ0n) is 25.4. The maximum absolute atomic E-state index is 15.8. The number of esters is 1. The van der Waals surface area contributed by atoms with E-state index in [1.807, 2.05) is 0 Å². The number of ether oxygens (including phenoxy) is 1. The molecule has 0 saturated carbocycles. The number of carbonyl (C=O) groups is 2. The third kappa shape index (κ3) is 6.01. The second-order valence-corrected chi connectivity index (χ2v) is 13.3. The number of thiazole rings is 1. The maximum atomic E-state index is 15.8. The molecule has 4 atom stereocenters. The van der Waals surface area contributed by atoms with Crippen molar-refractivity contribution in [3.63, 3.8) is 0 Å². The lowest BCUT2D eigenvalue weighted by Gasteiger charge is -2.36. The summed E-state index contributed by atoms with van der Waals surface area (Å²) in [4.78, 5) is 37.8. The van der Waals surface area contributed by atoms with Gasteiger partial charge in [-0.1, -0.05) is 12.1 Å². The van der Waals surface area contributed by atoms with E-state index >= 15 is 8.78 Å². The van der Waals surface area contributed by atoms with Crippen molar-refractivity contribution in [1.82, 2.24) is 20.1 Å². The third-order valence-corrected chi connectivity index (χ3v) is 9.67. The molecule has 13 heteroatoms. The van der Waals surface area contributed by atoms with Crippen LogP contribution in [0.5, 0.6) is 0 Å². The van der Waals surface area contributed by atoms with Crippen LogP contribution < -0.4 is 5.32 Å². The molecule has 9 nitrogen and oxygen atoms in total. The topological polar surface area (TPSA) is 107 Å². The highest BCUT2D eigenvalue weighted by Gasteiger charge is 2.60. The van der Waals surface area contributed by atoms with E-state index in [1.54, 1.807) is 68.1 Å². The normalized spacial score (nSPS) is 24.5. The van der Waals surface area contributed by atoms with Gasteiger partial charge in [-0.3, -0.25) is 19.6 Å². The highest BCUT2D eigenvalue weighted by atomic mass is 32.1. The highest BCUT2D eigenvalue weighted by Crippen LogP contribution is 2.44. The number of alkyl halides is 2. The van der Waals surface area contributed by atoms with E-state index in [1.165, 1.54) is 17.4 Å². The number of carboxylic acids is 1. The number of aromatic nitrogens is 1. The quantitative estimate of drug-likeness (QED) is 0.360. The van der Waals surface area contributed by atoms with Gasteiger partial charge >= 0.3 is 11.9 Å². The van der Waals surface area contributed by atoms with Crippen LogP contribution in [0.15, 0.2) is 46.0 Å². The van der Waals surface area contributed by atoms with Crippen molar-refractivity contribution in [3.8, 4) is 0 Å². The van der Waals surface area contributed by atoms with Crippen molar-refractivity contribution in [3.05, 3.63) is 63.0 Å². The van der Waals surface area contributed by atoms with Crippen LogP contribution >= 0.6 is 11.3 Å². The lowest BCUT2D eigenvalue weighted by atomic mass is 9.85. The van der Waals surface area contributed by atoms with Gasteiger partial charge in [0.25, 0.3) is 5.92 Å². The largest absolute Gasteiger partial charge is 0.481 e. The first kappa shape index (κ1) is 32.1. The minimum absolute atomic E-state index is 0.0248. The highest BCUT2D eigenvalue weighted by molar-refractivity contribution is 7.11. The Bertz CT molecular complexity index is 1480. The Morgan fingerprint density at radius 2 is 2.07 bits per heavy atom. The van der Waals surface area contributed by atoms with E-state index in [0.29, 0.717) is 40.6 Å². The molecule has 3 aliphatic rings. The van der Waals surface area contributed by atoms with Crippen molar-refractivity contribution in [2.45, 2.75) is 77.6 Å². The number of nitrogens with zero attached hydrogens (tertiary/aromatic N) is 4. The molecule has 238 valence electrons. The van der Waals surface area contributed by atoms with Crippen molar-refractivity contribution in [2.24, 2.45) is 10.4 Å². The van der Waals surface area contributed by atoms with Crippen molar-refractivity contribution < 1.29 is 32.6 Å². The average Bonchev–Trinajstić information content (AvgIpc) is 3.69. The number of hydrogen-bond acceptors (Lipinski definition) is 9. The number of benzene rings is 1. The number of carboxylic acid groups (broad SMARTS) is 1. The number of hydrogen-bond donors (Lipinski definition) is 2. The molecule has 0 spiro atoms. The Labute approximate surface area is 258 Å². The van der Waals surface area contributed by atoms with Crippen LogP contribution in [0, 0.1) is 18.2 Å². The minimum atomic E-state index is -3.08. The van der Waals surface area contributed by atoms with Gasteiger partial charge in [0.2, 0.25) is 0 Å². The Hall–Kier alpha value is -3.29. The second-order valence-electron chi connectivity index (χ2n) is 12.4. The molecule has 44 heavy (non-hydrogen) atoms. The molecule has 0 unspecified atom stereocenters. The van der Waals surface area contributed by atoms with E-state index < -0.39 is 53.8 Å². The van der Waals surface area contributed by atoms with Gasteiger partial charge in [-0.05, 0) is 64.7 Å². The van der Waals surface area contributed by atoms with E-state index in [4.69, 9.17) is 9.73 Å². The number of carbonyl (C=O) groups excluding carboxylic acids is 1. The molecule has 3 aliphatic heterocycles. The molecular formula is C31H38F3N5O4S. The van der Waals surface area contributed by atoms with Gasteiger partial charge in [0.05, 0.1) is 30.2 Å². The zero-order chi connectivity index (χ0) is 32.0. The number of aliphatic imine (C=N–C) groups is 1. The van der Waals surface area contributed by atoms with E-state index in [2.05, 4.69) is 10.3 Å². The Morgan fingerprint density at radius 1 is 1.32 bits per heavy atom.